The summed E-state index contributed by atoms with van der Waals surface area (Å²) >= 11 is 0. The van der Waals surface area contributed by atoms with Crippen LogP contribution >= 0.6 is 0 Å². The van der Waals surface area contributed by atoms with Crippen molar-refractivity contribution in [1.29, 1.82) is 0 Å². The van der Waals surface area contributed by atoms with Gasteiger partial charge in [-0.15, -0.1) is 6.58 Å². The molecule has 0 aromatic carbocycles. The largest absolute Gasteiger partial charge is 0.346 e. The molecule has 0 aromatic rings. The third-order valence-corrected chi connectivity index (χ3v) is 1.38. The molecule has 1 saturated heterocycles. The van der Waals surface area contributed by atoms with Gasteiger partial charge in [0.05, 0.1) is 6.61 Å². The van der Waals surface area contributed by atoms with E-state index in [1.165, 1.54) is 0 Å². The van der Waals surface area contributed by atoms with Crippen molar-refractivity contribution in [2.24, 2.45) is 0 Å². The Hall–Kier alpha value is -0.380. The second-order valence-electron chi connectivity index (χ2n) is 2.88. The maximum atomic E-state index is 5.36. The molecule has 1 rings (SSSR count). The fourth-order valence-electron chi connectivity index (χ4n) is 0.911. The maximum Gasteiger partial charge on any atom is 0.184 e. The maximum absolute atomic E-state index is 5.36. The zero-order valence-corrected chi connectivity index (χ0v) is 7.00. The smallest absolute Gasteiger partial charge is 0.184 e. The Morgan fingerprint density at radius 1 is 1.73 bits per heavy atom. The Balaban J connectivity index is 2.24. The van der Waals surface area contributed by atoms with Crippen LogP contribution in [0.15, 0.2) is 12.7 Å². The predicted octanol–water partition coefficient (Wildman–Crippen LogP) is 1.30. The molecule has 0 aromatic heterocycles. The molecule has 1 aliphatic heterocycles. The predicted molar refractivity (Wildman–Crippen MR) is 41.1 cm³/mol. The van der Waals surface area contributed by atoms with Gasteiger partial charge in [-0.05, 0) is 13.8 Å². The first-order valence-corrected chi connectivity index (χ1v) is 3.68. The van der Waals surface area contributed by atoms with Gasteiger partial charge >= 0.3 is 0 Å². The van der Waals surface area contributed by atoms with Crippen LogP contribution in [0.2, 0.25) is 0 Å². The zero-order chi connectivity index (χ0) is 8.32. The highest BCUT2D eigenvalue weighted by molar-refractivity contribution is 4.68. The van der Waals surface area contributed by atoms with E-state index in [2.05, 4.69) is 6.58 Å². The van der Waals surface area contributed by atoms with Crippen molar-refractivity contribution in [2.75, 3.05) is 13.2 Å². The van der Waals surface area contributed by atoms with Crippen LogP contribution < -0.4 is 0 Å². The number of rotatable bonds is 3. The molecule has 1 unspecified atom stereocenters. The third-order valence-electron chi connectivity index (χ3n) is 1.38. The molecule has 64 valence electrons. The lowest BCUT2D eigenvalue weighted by molar-refractivity contribution is -0.187. The average Bonchev–Trinajstić information content (AvgIpc) is 2.26. The van der Waals surface area contributed by atoms with E-state index in [9.17, 15) is 0 Å². The van der Waals surface area contributed by atoms with E-state index in [0.717, 1.165) is 0 Å². The Kier molecular flexibility index (Phi) is 2.65. The molecule has 1 atom stereocenters. The van der Waals surface area contributed by atoms with Crippen LogP contribution in [0, 0.1) is 0 Å². The first-order valence-electron chi connectivity index (χ1n) is 3.68. The molecule has 1 aliphatic rings. The minimum atomic E-state index is -0.494. The Labute approximate surface area is 66.9 Å². The van der Waals surface area contributed by atoms with Crippen molar-refractivity contribution in [2.45, 2.75) is 25.9 Å². The standard InChI is InChI=1S/C8H14O3/c1-4-5-9-7-6-10-8(2,3)11-7/h4,7H,1,5-6H2,2-3H3. The molecule has 0 saturated carbocycles. The van der Waals surface area contributed by atoms with Crippen LogP contribution in [0.25, 0.3) is 0 Å². The lowest BCUT2D eigenvalue weighted by Gasteiger charge is -2.16. The van der Waals surface area contributed by atoms with E-state index >= 15 is 0 Å². The van der Waals surface area contributed by atoms with E-state index < -0.39 is 5.79 Å². The van der Waals surface area contributed by atoms with Gasteiger partial charge in [0.15, 0.2) is 12.1 Å². The Bertz CT molecular complexity index is 142. The molecule has 1 heterocycles. The topological polar surface area (TPSA) is 27.7 Å². The molecule has 1 fully saturated rings. The van der Waals surface area contributed by atoms with Gasteiger partial charge in [0.2, 0.25) is 0 Å². The van der Waals surface area contributed by atoms with Crippen molar-refractivity contribution in [3.63, 3.8) is 0 Å². The lowest BCUT2D eigenvalue weighted by Crippen LogP contribution is -2.22. The monoisotopic (exact) mass is 158 g/mol. The van der Waals surface area contributed by atoms with Crippen LogP contribution in [0.3, 0.4) is 0 Å². The van der Waals surface area contributed by atoms with Gasteiger partial charge in [0.25, 0.3) is 0 Å². The van der Waals surface area contributed by atoms with Crippen LogP contribution in [0.4, 0.5) is 0 Å². The molecule has 0 spiro atoms. The van der Waals surface area contributed by atoms with Crippen molar-refractivity contribution < 1.29 is 14.2 Å². The van der Waals surface area contributed by atoms with Crippen molar-refractivity contribution >= 4 is 0 Å². The van der Waals surface area contributed by atoms with E-state index in [-0.39, 0.29) is 6.29 Å². The van der Waals surface area contributed by atoms with Crippen molar-refractivity contribution in [3.8, 4) is 0 Å². The molecule has 0 N–H and O–H groups in total. The minimum absolute atomic E-state index is 0.233. The molecule has 3 nitrogen and oxygen atoms in total. The van der Waals surface area contributed by atoms with E-state index in [1.54, 1.807) is 6.08 Å². The highest BCUT2D eigenvalue weighted by Gasteiger charge is 2.32. The van der Waals surface area contributed by atoms with Crippen LogP contribution in [0.5, 0.6) is 0 Å². The van der Waals surface area contributed by atoms with E-state index in [0.29, 0.717) is 13.2 Å². The van der Waals surface area contributed by atoms with Crippen molar-refractivity contribution in [3.05, 3.63) is 12.7 Å². The van der Waals surface area contributed by atoms with Crippen molar-refractivity contribution in [1.82, 2.24) is 0 Å². The van der Waals surface area contributed by atoms with E-state index in [1.807, 2.05) is 13.8 Å². The lowest BCUT2D eigenvalue weighted by atomic mass is 10.4. The first-order chi connectivity index (χ1) is 5.14. The second-order valence-corrected chi connectivity index (χ2v) is 2.88. The molecular weight excluding hydrogens is 144 g/mol. The first kappa shape index (κ1) is 8.71. The summed E-state index contributed by atoms with van der Waals surface area (Å²) in [5, 5.41) is 0. The molecular formula is C8H14O3. The summed E-state index contributed by atoms with van der Waals surface area (Å²) in [6.45, 7) is 8.27. The van der Waals surface area contributed by atoms with Gasteiger partial charge in [0, 0.05) is 0 Å². The molecule has 0 bridgehead atoms. The zero-order valence-electron chi connectivity index (χ0n) is 7.00. The van der Waals surface area contributed by atoms with Gasteiger partial charge in [-0.2, -0.15) is 0 Å². The highest BCUT2D eigenvalue weighted by Crippen LogP contribution is 2.22. The molecule has 0 radical (unpaired) electrons. The fourth-order valence-corrected chi connectivity index (χ4v) is 0.911. The summed E-state index contributed by atoms with van der Waals surface area (Å²) < 4.78 is 15.8. The quantitative estimate of drug-likeness (QED) is 0.579. The summed E-state index contributed by atoms with van der Waals surface area (Å²) in [4.78, 5) is 0. The van der Waals surface area contributed by atoms with E-state index in [4.69, 9.17) is 14.2 Å². The normalized spacial score (nSPS) is 28.7. The van der Waals surface area contributed by atoms with Gasteiger partial charge in [-0.25, -0.2) is 0 Å². The summed E-state index contributed by atoms with van der Waals surface area (Å²) in [5.41, 5.74) is 0. The summed E-state index contributed by atoms with van der Waals surface area (Å²) in [6.07, 6.45) is 1.46. The highest BCUT2D eigenvalue weighted by atomic mass is 16.8. The Morgan fingerprint density at radius 3 is 2.91 bits per heavy atom. The SMILES string of the molecule is C=CCOC1COC(C)(C)O1. The van der Waals surface area contributed by atoms with Gasteiger partial charge in [0.1, 0.15) is 6.61 Å². The van der Waals surface area contributed by atoms with Crippen LogP contribution in [-0.4, -0.2) is 25.3 Å². The third kappa shape index (κ3) is 2.61. The molecule has 0 amide bonds. The minimum Gasteiger partial charge on any atom is -0.346 e. The summed E-state index contributed by atoms with van der Waals surface area (Å²) in [5.74, 6) is -0.494. The molecule has 0 aliphatic carbocycles. The van der Waals surface area contributed by atoms with Gasteiger partial charge in [-0.3, -0.25) is 0 Å². The number of hydrogen-bond acceptors (Lipinski definition) is 3. The molecule has 3 heteroatoms. The summed E-state index contributed by atoms with van der Waals surface area (Å²) in [6, 6.07) is 0. The van der Waals surface area contributed by atoms with Crippen LogP contribution in [0.1, 0.15) is 13.8 Å². The summed E-state index contributed by atoms with van der Waals surface area (Å²) in [7, 11) is 0. The number of ether oxygens (including phenoxy) is 3. The van der Waals surface area contributed by atoms with Gasteiger partial charge in [-0.1, -0.05) is 6.08 Å². The molecule has 11 heavy (non-hydrogen) atoms. The fraction of sp³-hybridized carbons (Fsp3) is 0.750. The number of hydrogen-bond donors (Lipinski definition) is 0. The second kappa shape index (κ2) is 3.34. The van der Waals surface area contributed by atoms with Crippen LogP contribution in [-0.2, 0) is 14.2 Å². The van der Waals surface area contributed by atoms with Gasteiger partial charge < -0.3 is 14.2 Å². The Morgan fingerprint density at radius 2 is 2.45 bits per heavy atom. The average molecular weight is 158 g/mol.